The summed E-state index contributed by atoms with van der Waals surface area (Å²) in [5.41, 5.74) is 0.764. The summed E-state index contributed by atoms with van der Waals surface area (Å²) in [4.78, 5) is 12.7. The predicted molar refractivity (Wildman–Crippen MR) is 41.1 cm³/mol. The average molecular weight is 160 g/mol. The Morgan fingerprint density at radius 2 is 2.50 bits per heavy atom. The molecule has 2 nitrogen and oxygen atoms in total. The lowest BCUT2D eigenvalue weighted by molar-refractivity contribution is -0.108. The lowest BCUT2D eigenvalue weighted by Crippen LogP contribution is -2.25. The summed E-state index contributed by atoms with van der Waals surface area (Å²) in [7, 11) is 2.02. The molecule has 0 aliphatic carbocycles. The number of hydrogen-bond acceptors (Lipinski definition) is 2. The molecule has 1 aliphatic heterocycles. The van der Waals surface area contributed by atoms with Crippen molar-refractivity contribution in [1.29, 1.82) is 0 Å². The molecule has 56 valence electrons. The molecule has 3 heteroatoms. The third-order valence-corrected chi connectivity index (χ3v) is 1.91. The zero-order valence-electron chi connectivity index (χ0n) is 5.93. The molecule has 1 heterocycles. The largest absolute Gasteiger partial charge is 0.302 e. The van der Waals surface area contributed by atoms with Gasteiger partial charge in [-0.2, -0.15) is 0 Å². The van der Waals surface area contributed by atoms with Crippen molar-refractivity contribution < 1.29 is 4.79 Å². The van der Waals surface area contributed by atoms with Crippen LogP contribution in [0.5, 0.6) is 0 Å². The van der Waals surface area contributed by atoms with Gasteiger partial charge in [-0.05, 0) is 25.1 Å². The van der Waals surface area contributed by atoms with Gasteiger partial charge in [-0.1, -0.05) is 6.08 Å². The molecule has 0 aromatic heterocycles. The van der Waals surface area contributed by atoms with Crippen molar-refractivity contribution in [2.24, 2.45) is 0 Å². The molecule has 0 saturated heterocycles. The Labute approximate surface area is 65.5 Å². The second-order valence-electron chi connectivity index (χ2n) is 2.52. The highest BCUT2D eigenvalue weighted by Crippen LogP contribution is 2.11. The van der Waals surface area contributed by atoms with Gasteiger partial charge in [-0.25, -0.2) is 0 Å². The van der Waals surface area contributed by atoms with Crippen LogP contribution in [0.15, 0.2) is 11.6 Å². The summed E-state index contributed by atoms with van der Waals surface area (Å²) < 4.78 is 0. The van der Waals surface area contributed by atoms with Crippen LogP contribution in [0.1, 0.15) is 6.42 Å². The van der Waals surface area contributed by atoms with E-state index in [1.807, 2.05) is 13.1 Å². The SMILES string of the molecule is CN1CC=C(C(=O)Cl)CC1. The lowest BCUT2D eigenvalue weighted by atomic mass is 10.1. The fraction of sp³-hybridized carbons (Fsp3) is 0.571. The van der Waals surface area contributed by atoms with E-state index in [0.29, 0.717) is 0 Å². The first-order chi connectivity index (χ1) is 4.70. The Morgan fingerprint density at radius 1 is 1.80 bits per heavy atom. The van der Waals surface area contributed by atoms with Gasteiger partial charge in [0.05, 0.1) is 0 Å². The Bertz CT molecular complexity index is 176. The monoisotopic (exact) mass is 159 g/mol. The van der Waals surface area contributed by atoms with Gasteiger partial charge in [-0.15, -0.1) is 0 Å². The van der Waals surface area contributed by atoms with E-state index in [2.05, 4.69) is 4.90 Å². The van der Waals surface area contributed by atoms with E-state index in [9.17, 15) is 4.79 Å². The van der Waals surface area contributed by atoms with Crippen molar-refractivity contribution in [2.75, 3.05) is 20.1 Å². The number of carbonyl (C=O) groups is 1. The molecule has 0 atom stereocenters. The number of likely N-dealkylation sites (N-methyl/N-ethyl adjacent to an activating group) is 1. The second kappa shape index (κ2) is 3.17. The van der Waals surface area contributed by atoms with E-state index in [1.165, 1.54) is 0 Å². The molecule has 0 aromatic carbocycles. The maximum Gasteiger partial charge on any atom is 0.248 e. The molecular formula is C7H10ClNO. The quantitative estimate of drug-likeness (QED) is 0.533. The summed E-state index contributed by atoms with van der Waals surface area (Å²) in [5, 5.41) is -0.298. The highest BCUT2D eigenvalue weighted by atomic mass is 35.5. The number of halogens is 1. The fourth-order valence-corrected chi connectivity index (χ4v) is 1.12. The second-order valence-corrected chi connectivity index (χ2v) is 2.86. The summed E-state index contributed by atoms with van der Waals surface area (Å²) in [6.07, 6.45) is 2.68. The number of carbonyl (C=O) groups excluding carboxylic acids is 1. The van der Waals surface area contributed by atoms with Crippen LogP contribution in [0.3, 0.4) is 0 Å². The van der Waals surface area contributed by atoms with Gasteiger partial charge in [0, 0.05) is 18.7 Å². The third-order valence-electron chi connectivity index (χ3n) is 1.66. The maximum absolute atomic E-state index is 10.6. The Hall–Kier alpha value is -0.340. The smallest absolute Gasteiger partial charge is 0.248 e. The third kappa shape index (κ3) is 1.82. The molecule has 0 amide bonds. The van der Waals surface area contributed by atoms with Crippen molar-refractivity contribution >= 4 is 16.8 Å². The van der Waals surface area contributed by atoms with Gasteiger partial charge in [0.1, 0.15) is 0 Å². The zero-order chi connectivity index (χ0) is 7.56. The first-order valence-corrected chi connectivity index (χ1v) is 3.65. The standard InChI is InChI=1S/C7H10ClNO/c1-9-4-2-6(3-5-9)7(8)10/h2H,3-5H2,1H3. The van der Waals surface area contributed by atoms with E-state index in [0.717, 1.165) is 25.1 Å². The fourth-order valence-electron chi connectivity index (χ4n) is 0.949. The molecule has 0 fully saturated rings. The lowest BCUT2D eigenvalue weighted by Gasteiger charge is -2.19. The minimum Gasteiger partial charge on any atom is -0.302 e. The summed E-state index contributed by atoms with van der Waals surface area (Å²) in [5.74, 6) is 0. The number of rotatable bonds is 1. The molecule has 1 rings (SSSR count). The van der Waals surface area contributed by atoms with Gasteiger partial charge in [0.15, 0.2) is 0 Å². The van der Waals surface area contributed by atoms with Gasteiger partial charge in [0.25, 0.3) is 0 Å². The minimum atomic E-state index is -0.298. The Balaban J connectivity index is 2.56. The van der Waals surface area contributed by atoms with Gasteiger partial charge in [0.2, 0.25) is 5.24 Å². The highest BCUT2D eigenvalue weighted by Gasteiger charge is 2.11. The summed E-state index contributed by atoms with van der Waals surface area (Å²) >= 11 is 5.28. The average Bonchev–Trinajstić information content (AvgIpc) is 1.88. The van der Waals surface area contributed by atoms with Crippen LogP contribution in [0.4, 0.5) is 0 Å². The summed E-state index contributed by atoms with van der Waals surface area (Å²) in [6.45, 7) is 1.78. The van der Waals surface area contributed by atoms with Crippen molar-refractivity contribution in [1.82, 2.24) is 4.90 Å². The Morgan fingerprint density at radius 3 is 2.90 bits per heavy atom. The maximum atomic E-state index is 10.6. The van der Waals surface area contributed by atoms with Crippen LogP contribution < -0.4 is 0 Å². The van der Waals surface area contributed by atoms with Crippen LogP contribution >= 0.6 is 11.6 Å². The normalized spacial score (nSPS) is 20.4. The minimum absolute atomic E-state index is 0.298. The highest BCUT2D eigenvalue weighted by molar-refractivity contribution is 6.67. The number of hydrogen-bond donors (Lipinski definition) is 0. The molecular weight excluding hydrogens is 150 g/mol. The van der Waals surface area contributed by atoms with Crippen molar-refractivity contribution in [3.8, 4) is 0 Å². The molecule has 0 bridgehead atoms. The topological polar surface area (TPSA) is 20.3 Å². The van der Waals surface area contributed by atoms with Gasteiger partial charge in [-0.3, -0.25) is 4.79 Å². The van der Waals surface area contributed by atoms with E-state index < -0.39 is 0 Å². The van der Waals surface area contributed by atoms with Crippen LogP contribution in [-0.4, -0.2) is 30.3 Å². The van der Waals surface area contributed by atoms with E-state index in [4.69, 9.17) is 11.6 Å². The first-order valence-electron chi connectivity index (χ1n) is 3.27. The van der Waals surface area contributed by atoms with Crippen LogP contribution in [0, 0.1) is 0 Å². The van der Waals surface area contributed by atoms with Crippen molar-refractivity contribution in [2.45, 2.75) is 6.42 Å². The van der Waals surface area contributed by atoms with E-state index in [-0.39, 0.29) is 5.24 Å². The van der Waals surface area contributed by atoms with Gasteiger partial charge < -0.3 is 4.90 Å². The van der Waals surface area contributed by atoms with Crippen LogP contribution in [-0.2, 0) is 4.79 Å². The summed E-state index contributed by atoms with van der Waals surface area (Å²) in [6, 6.07) is 0. The molecule has 0 unspecified atom stereocenters. The molecule has 0 N–H and O–H groups in total. The van der Waals surface area contributed by atoms with E-state index >= 15 is 0 Å². The zero-order valence-corrected chi connectivity index (χ0v) is 6.69. The van der Waals surface area contributed by atoms with Gasteiger partial charge >= 0.3 is 0 Å². The molecule has 1 aliphatic rings. The molecule has 0 spiro atoms. The van der Waals surface area contributed by atoms with Crippen LogP contribution in [0.2, 0.25) is 0 Å². The van der Waals surface area contributed by atoms with E-state index in [1.54, 1.807) is 0 Å². The predicted octanol–water partition coefficient (Wildman–Crippen LogP) is 1.01. The molecule has 0 aromatic rings. The van der Waals surface area contributed by atoms with Crippen molar-refractivity contribution in [3.05, 3.63) is 11.6 Å². The van der Waals surface area contributed by atoms with Crippen molar-refractivity contribution in [3.63, 3.8) is 0 Å². The van der Waals surface area contributed by atoms with Crippen LogP contribution in [0.25, 0.3) is 0 Å². The molecule has 0 radical (unpaired) electrons. The first kappa shape index (κ1) is 7.76. The molecule has 0 saturated carbocycles. The Kier molecular flexibility index (Phi) is 2.46. The molecule has 10 heavy (non-hydrogen) atoms. The number of nitrogens with zero attached hydrogens (tertiary/aromatic N) is 1.